The summed E-state index contributed by atoms with van der Waals surface area (Å²) in [6.45, 7) is 11.7. The van der Waals surface area contributed by atoms with Gasteiger partial charge in [0.15, 0.2) is 5.65 Å². The molecule has 26 heavy (non-hydrogen) atoms. The Labute approximate surface area is 154 Å². The minimum Gasteiger partial charge on any atom is -0.369 e. The number of fused-ring (bicyclic) bond motifs is 1. The molecule has 134 valence electrons. The smallest absolute Gasteiger partial charge is 0.154 e. The zero-order valence-corrected chi connectivity index (χ0v) is 15.3. The summed E-state index contributed by atoms with van der Waals surface area (Å²) in [5.74, 6) is 0. The number of imidazole rings is 1. The van der Waals surface area contributed by atoms with E-state index in [1.54, 1.807) is 6.08 Å². The summed E-state index contributed by atoms with van der Waals surface area (Å²) in [6, 6.07) is 12.7. The van der Waals surface area contributed by atoms with Gasteiger partial charge in [-0.15, -0.1) is 0 Å². The number of aromatic nitrogens is 3. The quantitative estimate of drug-likeness (QED) is 0.707. The van der Waals surface area contributed by atoms with Gasteiger partial charge >= 0.3 is 0 Å². The maximum absolute atomic E-state index is 4.59. The average Bonchev–Trinajstić information content (AvgIpc) is 3.12. The van der Waals surface area contributed by atoms with Crippen LogP contribution >= 0.6 is 0 Å². The van der Waals surface area contributed by atoms with E-state index in [4.69, 9.17) is 0 Å². The lowest BCUT2D eigenvalue weighted by Gasteiger charge is -2.36. The van der Waals surface area contributed by atoms with Crippen LogP contribution in [0.4, 0.5) is 5.69 Å². The zero-order valence-electron chi connectivity index (χ0n) is 15.3. The number of hydrogen-bond donors (Lipinski definition) is 0. The van der Waals surface area contributed by atoms with E-state index in [0.29, 0.717) is 0 Å². The number of piperazine rings is 1. The third-order valence-electron chi connectivity index (χ3n) is 5.03. The van der Waals surface area contributed by atoms with Crippen molar-refractivity contribution in [2.24, 2.45) is 0 Å². The second-order valence-corrected chi connectivity index (χ2v) is 6.75. The molecule has 2 aromatic heterocycles. The van der Waals surface area contributed by atoms with Gasteiger partial charge in [0.25, 0.3) is 0 Å². The predicted octanol–water partition coefficient (Wildman–Crippen LogP) is 3.57. The maximum Gasteiger partial charge on any atom is 0.154 e. The molecule has 0 N–H and O–H groups in total. The lowest BCUT2D eigenvalue weighted by atomic mass is 10.1. The van der Waals surface area contributed by atoms with Crippen LogP contribution in [-0.2, 0) is 0 Å². The largest absolute Gasteiger partial charge is 0.369 e. The van der Waals surface area contributed by atoms with Crippen molar-refractivity contribution >= 4 is 17.4 Å². The van der Waals surface area contributed by atoms with E-state index in [1.165, 1.54) is 18.7 Å². The van der Waals surface area contributed by atoms with Crippen molar-refractivity contribution < 1.29 is 0 Å². The molecule has 0 aliphatic carbocycles. The van der Waals surface area contributed by atoms with Crippen LogP contribution in [0.1, 0.15) is 19.0 Å². The highest BCUT2D eigenvalue weighted by Gasteiger charge is 2.16. The molecule has 0 spiro atoms. The van der Waals surface area contributed by atoms with Crippen molar-refractivity contribution in [2.45, 2.75) is 13.3 Å². The highest BCUT2D eigenvalue weighted by atomic mass is 15.3. The van der Waals surface area contributed by atoms with Crippen LogP contribution in [-0.4, -0.2) is 52.2 Å². The molecule has 1 saturated heterocycles. The molecule has 4 rings (SSSR count). The summed E-state index contributed by atoms with van der Waals surface area (Å²) in [5.41, 5.74) is 5.11. The molecule has 0 unspecified atom stereocenters. The molecule has 3 heterocycles. The van der Waals surface area contributed by atoms with Gasteiger partial charge in [0.05, 0.1) is 17.6 Å². The van der Waals surface area contributed by atoms with Gasteiger partial charge in [-0.05, 0) is 43.3 Å². The Morgan fingerprint density at radius 2 is 1.81 bits per heavy atom. The van der Waals surface area contributed by atoms with Crippen LogP contribution in [0.15, 0.2) is 49.2 Å². The van der Waals surface area contributed by atoms with Gasteiger partial charge in [-0.1, -0.05) is 25.6 Å². The summed E-state index contributed by atoms with van der Waals surface area (Å²) in [4.78, 5) is 9.48. The van der Waals surface area contributed by atoms with Crippen LogP contribution in [0.5, 0.6) is 0 Å². The minimum absolute atomic E-state index is 0.846. The molecule has 0 saturated carbocycles. The lowest BCUT2D eigenvalue weighted by Crippen LogP contribution is -2.46. The fourth-order valence-electron chi connectivity index (χ4n) is 3.58. The average molecular weight is 347 g/mol. The molecule has 1 aliphatic heterocycles. The first-order chi connectivity index (χ1) is 12.8. The third kappa shape index (κ3) is 3.22. The van der Waals surface area contributed by atoms with Crippen LogP contribution in [0.3, 0.4) is 0 Å². The fraction of sp³-hybridized carbons (Fsp3) is 0.333. The van der Waals surface area contributed by atoms with Gasteiger partial charge in [-0.3, -0.25) is 4.90 Å². The van der Waals surface area contributed by atoms with Crippen molar-refractivity contribution in [3.63, 3.8) is 0 Å². The Morgan fingerprint density at radius 3 is 2.50 bits per heavy atom. The number of benzene rings is 1. The van der Waals surface area contributed by atoms with Crippen molar-refractivity contribution in [3.8, 4) is 11.3 Å². The number of anilines is 1. The Kier molecular flexibility index (Phi) is 4.71. The Bertz CT molecular complexity index is 888. The number of rotatable bonds is 5. The molecule has 0 atom stereocenters. The molecule has 5 nitrogen and oxygen atoms in total. The normalized spacial score (nSPS) is 15.5. The van der Waals surface area contributed by atoms with E-state index in [2.05, 4.69) is 57.7 Å². The molecule has 3 aromatic rings. The van der Waals surface area contributed by atoms with Gasteiger partial charge in [-0.2, -0.15) is 5.10 Å². The summed E-state index contributed by atoms with van der Waals surface area (Å²) < 4.78 is 1.88. The molecule has 0 radical (unpaired) electrons. The van der Waals surface area contributed by atoms with Crippen LogP contribution < -0.4 is 4.90 Å². The van der Waals surface area contributed by atoms with Gasteiger partial charge in [0.1, 0.15) is 0 Å². The Hall–Kier alpha value is -2.66. The summed E-state index contributed by atoms with van der Waals surface area (Å²) in [5, 5.41) is 4.59. The van der Waals surface area contributed by atoms with E-state index in [-0.39, 0.29) is 0 Å². The van der Waals surface area contributed by atoms with Gasteiger partial charge in [0, 0.05) is 37.4 Å². The molecule has 0 amide bonds. The van der Waals surface area contributed by atoms with Crippen molar-refractivity contribution in [1.82, 2.24) is 19.5 Å². The third-order valence-corrected chi connectivity index (χ3v) is 5.03. The van der Waals surface area contributed by atoms with Crippen LogP contribution in [0.25, 0.3) is 23.0 Å². The lowest BCUT2D eigenvalue weighted by molar-refractivity contribution is 0.258. The Morgan fingerprint density at radius 1 is 1.04 bits per heavy atom. The minimum atomic E-state index is 0.846. The van der Waals surface area contributed by atoms with Gasteiger partial charge in [0.2, 0.25) is 0 Å². The standard InChI is InChI=1S/C21H25N5/c1-3-11-24-12-14-25(15-13-24)19-8-5-17(6-9-19)20-16-22-21-10-7-18(4-2)23-26(20)21/h4-10,16H,2-3,11-15H2,1H3. The van der Waals surface area contributed by atoms with E-state index in [0.717, 1.165) is 48.8 Å². The highest BCUT2D eigenvalue weighted by Crippen LogP contribution is 2.24. The van der Waals surface area contributed by atoms with Crippen LogP contribution in [0, 0.1) is 0 Å². The second kappa shape index (κ2) is 7.30. The first kappa shape index (κ1) is 16.8. The first-order valence-electron chi connectivity index (χ1n) is 9.33. The monoisotopic (exact) mass is 347 g/mol. The summed E-state index contributed by atoms with van der Waals surface area (Å²) in [7, 11) is 0. The second-order valence-electron chi connectivity index (χ2n) is 6.75. The topological polar surface area (TPSA) is 36.7 Å². The van der Waals surface area contributed by atoms with Crippen molar-refractivity contribution in [3.05, 3.63) is 54.9 Å². The van der Waals surface area contributed by atoms with E-state index in [1.807, 2.05) is 22.8 Å². The van der Waals surface area contributed by atoms with E-state index >= 15 is 0 Å². The molecule has 5 heteroatoms. The molecular formula is C21H25N5. The van der Waals surface area contributed by atoms with Gasteiger partial charge < -0.3 is 4.90 Å². The van der Waals surface area contributed by atoms with Crippen molar-refractivity contribution in [2.75, 3.05) is 37.6 Å². The predicted molar refractivity (Wildman–Crippen MR) is 107 cm³/mol. The molecule has 0 bridgehead atoms. The highest BCUT2D eigenvalue weighted by molar-refractivity contribution is 5.66. The molecule has 1 fully saturated rings. The number of hydrogen-bond acceptors (Lipinski definition) is 4. The van der Waals surface area contributed by atoms with E-state index < -0.39 is 0 Å². The number of nitrogens with zero attached hydrogens (tertiary/aromatic N) is 5. The summed E-state index contributed by atoms with van der Waals surface area (Å²) in [6.07, 6.45) is 4.87. The zero-order chi connectivity index (χ0) is 17.9. The Balaban J connectivity index is 1.54. The maximum atomic E-state index is 4.59. The van der Waals surface area contributed by atoms with Crippen LogP contribution in [0.2, 0.25) is 0 Å². The van der Waals surface area contributed by atoms with E-state index in [9.17, 15) is 0 Å². The molecular weight excluding hydrogens is 322 g/mol. The molecule has 1 aliphatic rings. The summed E-state index contributed by atoms with van der Waals surface area (Å²) >= 11 is 0. The molecule has 1 aromatic carbocycles. The van der Waals surface area contributed by atoms with Gasteiger partial charge in [-0.25, -0.2) is 9.50 Å². The fourth-order valence-corrected chi connectivity index (χ4v) is 3.58. The first-order valence-corrected chi connectivity index (χ1v) is 9.33. The SMILES string of the molecule is C=Cc1ccc2ncc(-c3ccc(N4CCN(CCC)CC4)cc3)n2n1. The van der Waals surface area contributed by atoms with Crippen molar-refractivity contribution in [1.29, 1.82) is 0 Å².